The van der Waals surface area contributed by atoms with Crippen molar-refractivity contribution in [2.45, 2.75) is 33.2 Å². The van der Waals surface area contributed by atoms with Crippen molar-refractivity contribution < 1.29 is 4.79 Å². The number of aromatic amines is 1. The van der Waals surface area contributed by atoms with Gasteiger partial charge in [-0.25, -0.2) is 0 Å². The van der Waals surface area contributed by atoms with Gasteiger partial charge in [-0.05, 0) is 43.5 Å². The Hall–Kier alpha value is -2.43. The molecule has 0 bridgehead atoms. The van der Waals surface area contributed by atoms with E-state index in [0.29, 0.717) is 17.3 Å². The van der Waals surface area contributed by atoms with Gasteiger partial charge in [0.05, 0.1) is 11.4 Å². The fraction of sp³-hybridized carbons (Fsp3) is 0.353. The van der Waals surface area contributed by atoms with E-state index in [2.05, 4.69) is 29.1 Å². The minimum Gasteiger partial charge on any atom is -0.349 e. The Balaban J connectivity index is 2.16. The first-order valence-corrected chi connectivity index (χ1v) is 7.43. The molecular formula is C17H21N3O2. The zero-order chi connectivity index (χ0) is 16.1. The van der Waals surface area contributed by atoms with Crippen LogP contribution >= 0.6 is 0 Å². The highest BCUT2D eigenvalue weighted by Gasteiger charge is 2.14. The summed E-state index contributed by atoms with van der Waals surface area (Å²) in [6, 6.07) is 8.72. The van der Waals surface area contributed by atoms with E-state index in [-0.39, 0.29) is 17.5 Å². The minimum absolute atomic E-state index is 0.0300. The molecule has 1 atom stereocenters. The Bertz CT molecular complexity index is 693. The SMILES string of the molecule is CC(C)C[C@@H](C)NC(=O)c1ccc(-c2ccccn2)[nH]c1=O. The highest BCUT2D eigenvalue weighted by molar-refractivity contribution is 5.94. The quantitative estimate of drug-likeness (QED) is 0.891. The van der Waals surface area contributed by atoms with Gasteiger partial charge in [0, 0.05) is 12.2 Å². The average molecular weight is 299 g/mol. The van der Waals surface area contributed by atoms with E-state index >= 15 is 0 Å². The van der Waals surface area contributed by atoms with Crippen LogP contribution in [-0.4, -0.2) is 21.9 Å². The molecule has 0 spiro atoms. The summed E-state index contributed by atoms with van der Waals surface area (Å²) in [5.41, 5.74) is 0.977. The Morgan fingerprint density at radius 1 is 1.23 bits per heavy atom. The van der Waals surface area contributed by atoms with Crippen LogP contribution in [0.15, 0.2) is 41.3 Å². The Labute approximate surface area is 129 Å². The number of nitrogens with zero attached hydrogens (tertiary/aromatic N) is 1. The molecule has 5 heteroatoms. The van der Waals surface area contributed by atoms with Gasteiger partial charge in [0.25, 0.3) is 11.5 Å². The number of amides is 1. The first-order valence-electron chi connectivity index (χ1n) is 7.43. The number of hydrogen-bond acceptors (Lipinski definition) is 3. The zero-order valence-electron chi connectivity index (χ0n) is 13.1. The Morgan fingerprint density at radius 3 is 2.59 bits per heavy atom. The molecule has 0 fully saturated rings. The van der Waals surface area contributed by atoms with Crippen LogP contribution in [-0.2, 0) is 0 Å². The van der Waals surface area contributed by atoms with Crippen LogP contribution in [0.2, 0.25) is 0 Å². The van der Waals surface area contributed by atoms with Gasteiger partial charge in [-0.15, -0.1) is 0 Å². The van der Waals surface area contributed by atoms with Crippen molar-refractivity contribution in [1.82, 2.24) is 15.3 Å². The number of carbonyl (C=O) groups is 1. The van der Waals surface area contributed by atoms with Crippen molar-refractivity contribution in [3.05, 3.63) is 52.4 Å². The molecule has 2 aromatic rings. The third-order valence-corrected chi connectivity index (χ3v) is 3.30. The van der Waals surface area contributed by atoms with E-state index in [0.717, 1.165) is 6.42 Å². The van der Waals surface area contributed by atoms with Crippen LogP contribution in [0.4, 0.5) is 0 Å². The molecular weight excluding hydrogens is 278 g/mol. The molecule has 2 heterocycles. The van der Waals surface area contributed by atoms with Crippen LogP contribution in [0.25, 0.3) is 11.4 Å². The number of aromatic nitrogens is 2. The monoisotopic (exact) mass is 299 g/mol. The standard InChI is InChI=1S/C17H21N3O2/c1-11(2)10-12(3)19-16(21)13-7-8-15(20-17(13)22)14-6-4-5-9-18-14/h4-9,11-12H,10H2,1-3H3,(H,19,21)(H,20,22)/t12-/m1/s1. The van der Waals surface area contributed by atoms with E-state index in [1.807, 2.05) is 13.0 Å². The minimum atomic E-state index is -0.405. The third-order valence-electron chi connectivity index (χ3n) is 3.30. The number of carbonyl (C=O) groups excluding carboxylic acids is 1. The zero-order valence-corrected chi connectivity index (χ0v) is 13.1. The Morgan fingerprint density at radius 2 is 2.00 bits per heavy atom. The summed E-state index contributed by atoms with van der Waals surface area (Å²) in [6.45, 7) is 6.13. The number of H-pyrrole nitrogens is 1. The molecule has 1 amide bonds. The van der Waals surface area contributed by atoms with E-state index in [9.17, 15) is 9.59 Å². The second-order valence-corrected chi connectivity index (χ2v) is 5.83. The number of hydrogen-bond donors (Lipinski definition) is 2. The Kier molecular flexibility index (Phi) is 5.09. The molecule has 0 aliphatic rings. The second-order valence-electron chi connectivity index (χ2n) is 5.83. The highest BCUT2D eigenvalue weighted by Crippen LogP contribution is 2.11. The molecule has 0 radical (unpaired) electrons. The summed E-state index contributed by atoms with van der Waals surface area (Å²) in [4.78, 5) is 31.2. The van der Waals surface area contributed by atoms with Crippen molar-refractivity contribution in [1.29, 1.82) is 0 Å². The van der Waals surface area contributed by atoms with Gasteiger partial charge in [-0.2, -0.15) is 0 Å². The summed E-state index contributed by atoms with van der Waals surface area (Å²) >= 11 is 0. The molecule has 0 aromatic carbocycles. The molecule has 22 heavy (non-hydrogen) atoms. The number of pyridine rings is 2. The lowest BCUT2D eigenvalue weighted by Crippen LogP contribution is -2.36. The maximum absolute atomic E-state index is 12.2. The molecule has 0 saturated heterocycles. The lowest BCUT2D eigenvalue weighted by molar-refractivity contribution is 0.0934. The van der Waals surface area contributed by atoms with Crippen molar-refractivity contribution >= 4 is 5.91 Å². The normalized spacial score (nSPS) is 12.2. The van der Waals surface area contributed by atoms with Gasteiger partial charge in [-0.1, -0.05) is 19.9 Å². The molecule has 2 N–H and O–H groups in total. The molecule has 0 aliphatic heterocycles. The van der Waals surface area contributed by atoms with Gasteiger partial charge in [0.1, 0.15) is 5.56 Å². The smallest absolute Gasteiger partial charge is 0.261 e. The fourth-order valence-corrected chi connectivity index (χ4v) is 2.39. The van der Waals surface area contributed by atoms with Crippen molar-refractivity contribution in [2.75, 3.05) is 0 Å². The molecule has 2 rings (SSSR count). The van der Waals surface area contributed by atoms with Gasteiger partial charge < -0.3 is 10.3 Å². The number of rotatable bonds is 5. The summed E-state index contributed by atoms with van der Waals surface area (Å²) in [7, 11) is 0. The summed E-state index contributed by atoms with van der Waals surface area (Å²) in [6.07, 6.45) is 2.53. The second kappa shape index (κ2) is 7.02. The van der Waals surface area contributed by atoms with E-state index in [1.165, 1.54) is 0 Å². The van der Waals surface area contributed by atoms with E-state index < -0.39 is 5.56 Å². The lowest BCUT2D eigenvalue weighted by atomic mass is 10.0. The van der Waals surface area contributed by atoms with Gasteiger partial charge >= 0.3 is 0 Å². The van der Waals surface area contributed by atoms with Crippen LogP contribution in [0.3, 0.4) is 0 Å². The average Bonchev–Trinajstić information content (AvgIpc) is 2.46. The molecule has 0 saturated carbocycles. The lowest BCUT2D eigenvalue weighted by Gasteiger charge is -2.15. The first-order chi connectivity index (χ1) is 10.5. The van der Waals surface area contributed by atoms with Crippen LogP contribution in [0, 0.1) is 5.92 Å². The summed E-state index contributed by atoms with van der Waals surface area (Å²) in [5, 5.41) is 2.85. The molecule has 116 valence electrons. The van der Waals surface area contributed by atoms with Crippen molar-refractivity contribution in [3.8, 4) is 11.4 Å². The van der Waals surface area contributed by atoms with Crippen molar-refractivity contribution in [2.24, 2.45) is 5.92 Å². The predicted molar refractivity (Wildman–Crippen MR) is 86.7 cm³/mol. The predicted octanol–water partition coefficient (Wildman–Crippen LogP) is 2.60. The van der Waals surface area contributed by atoms with Crippen LogP contribution in [0.1, 0.15) is 37.6 Å². The van der Waals surface area contributed by atoms with Gasteiger partial charge in [0.2, 0.25) is 0 Å². The first kappa shape index (κ1) is 15.9. The van der Waals surface area contributed by atoms with Crippen LogP contribution in [0.5, 0.6) is 0 Å². The molecule has 0 aliphatic carbocycles. The van der Waals surface area contributed by atoms with E-state index in [4.69, 9.17) is 0 Å². The molecule has 2 aromatic heterocycles. The number of nitrogens with one attached hydrogen (secondary N) is 2. The van der Waals surface area contributed by atoms with Crippen LogP contribution < -0.4 is 10.9 Å². The molecule has 5 nitrogen and oxygen atoms in total. The maximum Gasteiger partial charge on any atom is 0.261 e. The maximum atomic E-state index is 12.2. The van der Waals surface area contributed by atoms with Gasteiger partial charge in [0.15, 0.2) is 0 Å². The van der Waals surface area contributed by atoms with Gasteiger partial charge in [-0.3, -0.25) is 14.6 Å². The topological polar surface area (TPSA) is 74.8 Å². The summed E-state index contributed by atoms with van der Waals surface area (Å²) < 4.78 is 0. The largest absolute Gasteiger partial charge is 0.349 e. The fourth-order valence-electron chi connectivity index (χ4n) is 2.39. The highest BCUT2D eigenvalue weighted by atomic mass is 16.2. The van der Waals surface area contributed by atoms with Crippen molar-refractivity contribution in [3.63, 3.8) is 0 Å². The molecule has 0 unspecified atom stereocenters. The summed E-state index contributed by atoms with van der Waals surface area (Å²) in [5.74, 6) is 0.141. The third kappa shape index (κ3) is 4.04. The van der Waals surface area contributed by atoms with E-state index in [1.54, 1.807) is 30.5 Å².